The van der Waals surface area contributed by atoms with Gasteiger partial charge in [0.15, 0.2) is 0 Å². The van der Waals surface area contributed by atoms with Crippen LogP contribution in [-0.4, -0.2) is 51.6 Å². The topological polar surface area (TPSA) is 60.9 Å². The standard InChI is InChI=1S/C12H20N2O3/c1-12(2,3)14-7-9-8(10(15)16)5-4-6-13(9)11(14)17/h8-9H,4-7H2,1-3H3,(H,15,16). The second-order valence-electron chi connectivity index (χ2n) is 5.91. The molecular formula is C12H20N2O3. The van der Waals surface area contributed by atoms with E-state index in [9.17, 15) is 14.7 Å². The molecule has 2 heterocycles. The van der Waals surface area contributed by atoms with E-state index in [0.717, 1.165) is 6.42 Å². The zero-order chi connectivity index (χ0) is 12.8. The van der Waals surface area contributed by atoms with Crippen LogP contribution in [0.25, 0.3) is 0 Å². The summed E-state index contributed by atoms with van der Waals surface area (Å²) >= 11 is 0. The van der Waals surface area contributed by atoms with Crippen molar-refractivity contribution in [2.45, 2.75) is 45.2 Å². The maximum absolute atomic E-state index is 12.2. The van der Waals surface area contributed by atoms with Crippen molar-refractivity contribution < 1.29 is 14.7 Å². The first-order valence-electron chi connectivity index (χ1n) is 6.13. The van der Waals surface area contributed by atoms with Gasteiger partial charge in [-0.1, -0.05) is 0 Å². The van der Waals surface area contributed by atoms with Gasteiger partial charge in [0.25, 0.3) is 0 Å². The summed E-state index contributed by atoms with van der Waals surface area (Å²) < 4.78 is 0. The summed E-state index contributed by atoms with van der Waals surface area (Å²) in [5.41, 5.74) is -0.239. The van der Waals surface area contributed by atoms with Gasteiger partial charge in [0.1, 0.15) is 0 Å². The van der Waals surface area contributed by atoms with Gasteiger partial charge in [0.2, 0.25) is 0 Å². The fourth-order valence-corrected chi connectivity index (χ4v) is 2.79. The minimum Gasteiger partial charge on any atom is -0.481 e. The lowest BCUT2D eigenvalue weighted by Gasteiger charge is -2.32. The third-order valence-corrected chi connectivity index (χ3v) is 3.75. The summed E-state index contributed by atoms with van der Waals surface area (Å²) in [4.78, 5) is 27.0. The third-order valence-electron chi connectivity index (χ3n) is 3.75. The van der Waals surface area contributed by atoms with Crippen molar-refractivity contribution in [2.75, 3.05) is 13.1 Å². The molecule has 0 saturated carbocycles. The van der Waals surface area contributed by atoms with Crippen molar-refractivity contribution in [3.8, 4) is 0 Å². The molecule has 0 aromatic carbocycles. The van der Waals surface area contributed by atoms with E-state index in [4.69, 9.17) is 0 Å². The Balaban J connectivity index is 2.23. The van der Waals surface area contributed by atoms with Gasteiger partial charge in [-0.2, -0.15) is 0 Å². The molecule has 0 aliphatic carbocycles. The summed E-state index contributed by atoms with van der Waals surface area (Å²) in [7, 11) is 0. The number of hydrogen-bond donors (Lipinski definition) is 1. The summed E-state index contributed by atoms with van der Waals surface area (Å²) in [6.45, 7) is 7.19. The Morgan fingerprint density at radius 2 is 2.06 bits per heavy atom. The number of piperidine rings is 1. The first-order valence-corrected chi connectivity index (χ1v) is 6.13. The molecule has 2 rings (SSSR count). The van der Waals surface area contributed by atoms with E-state index >= 15 is 0 Å². The fourth-order valence-electron chi connectivity index (χ4n) is 2.79. The number of rotatable bonds is 1. The molecule has 0 radical (unpaired) electrons. The minimum absolute atomic E-state index is 0.00606. The highest BCUT2D eigenvalue weighted by Gasteiger charge is 2.48. The van der Waals surface area contributed by atoms with Gasteiger partial charge in [0, 0.05) is 18.6 Å². The summed E-state index contributed by atoms with van der Waals surface area (Å²) in [5.74, 6) is -1.18. The first-order chi connectivity index (χ1) is 7.82. The number of urea groups is 1. The molecule has 0 aromatic rings. The number of hydrogen-bond acceptors (Lipinski definition) is 2. The van der Waals surface area contributed by atoms with E-state index < -0.39 is 11.9 Å². The van der Waals surface area contributed by atoms with Crippen LogP contribution in [0.1, 0.15) is 33.6 Å². The Bertz CT molecular complexity index is 348. The fraction of sp³-hybridized carbons (Fsp3) is 0.833. The maximum atomic E-state index is 12.2. The Kier molecular flexibility index (Phi) is 2.79. The number of carboxylic acids is 1. The van der Waals surface area contributed by atoms with E-state index in [1.807, 2.05) is 20.8 Å². The smallest absolute Gasteiger partial charge is 0.320 e. The average Bonchev–Trinajstić information content (AvgIpc) is 2.55. The number of carbonyl (C=O) groups excluding carboxylic acids is 1. The molecule has 17 heavy (non-hydrogen) atoms. The Morgan fingerprint density at radius 1 is 1.41 bits per heavy atom. The van der Waals surface area contributed by atoms with Crippen molar-refractivity contribution in [1.82, 2.24) is 9.80 Å². The van der Waals surface area contributed by atoms with E-state index in [1.54, 1.807) is 9.80 Å². The predicted molar refractivity (Wildman–Crippen MR) is 62.7 cm³/mol. The van der Waals surface area contributed by atoms with Crippen molar-refractivity contribution >= 4 is 12.0 Å². The van der Waals surface area contributed by atoms with Crippen LogP contribution in [-0.2, 0) is 4.79 Å². The molecule has 2 amide bonds. The van der Waals surface area contributed by atoms with Gasteiger partial charge in [-0.15, -0.1) is 0 Å². The summed E-state index contributed by atoms with van der Waals surface area (Å²) in [6.07, 6.45) is 1.47. The van der Waals surface area contributed by atoms with Crippen molar-refractivity contribution in [3.05, 3.63) is 0 Å². The maximum Gasteiger partial charge on any atom is 0.320 e. The molecule has 2 unspecified atom stereocenters. The second-order valence-corrected chi connectivity index (χ2v) is 5.91. The van der Waals surface area contributed by atoms with Crippen molar-refractivity contribution in [3.63, 3.8) is 0 Å². The molecule has 2 aliphatic rings. The normalized spacial score (nSPS) is 29.5. The highest BCUT2D eigenvalue weighted by atomic mass is 16.4. The van der Waals surface area contributed by atoms with Crippen LogP contribution in [0, 0.1) is 5.92 Å². The minimum atomic E-state index is -0.775. The summed E-state index contributed by atoms with van der Waals surface area (Å²) in [5, 5.41) is 9.20. The Morgan fingerprint density at radius 3 is 2.59 bits per heavy atom. The SMILES string of the molecule is CC(C)(C)N1CC2C(C(=O)O)CCCN2C1=O. The number of fused-ring (bicyclic) bond motifs is 1. The van der Waals surface area contributed by atoms with Gasteiger partial charge in [0.05, 0.1) is 12.0 Å². The van der Waals surface area contributed by atoms with Gasteiger partial charge in [-0.25, -0.2) is 4.79 Å². The average molecular weight is 240 g/mol. The van der Waals surface area contributed by atoms with Crippen molar-refractivity contribution in [2.24, 2.45) is 5.92 Å². The molecule has 0 bridgehead atoms. The highest BCUT2D eigenvalue weighted by molar-refractivity contribution is 5.81. The van der Waals surface area contributed by atoms with E-state index in [0.29, 0.717) is 19.5 Å². The van der Waals surface area contributed by atoms with Gasteiger partial charge < -0.3 is 14.9 Å². The predicted octanol–water partition coefficient (Wildman–Crippen LogP) is 1.39. The molecule has 2 atom stereocenters. The number of carbonyl (C=O) groups is 2. The highest BCUT2D eigenvalue weighted by Crippen LogP contribution is 2.33. The first kappa shape index (κ1) is 12.2. The van der Waals surface area contributed by atoms with Crippen LogP contribution >= 0.6 is 0 Å². The summed E-state index contributed by atoms with van der Waals surface area (Å²) in [6, 6.07) is -0.151. The molecule has 2 aliphatic heterocycles. The van der Waals surface area contributed by atoms with E-state index in [-0.39, 0.29) is 17.6 Å². The second kappa shape index (κ2) is 3.89. The van der Waals surface area contributed by atoms with Crippen LogP contribution < -0.4 is 0 Å². The van der Waals surface area contributed by atoms with E-state index in [2.05, 4.69) is 0 Å². The molecule has 96 valence electrons. The molecule has 2 saturated heterocycles. The molecular weight excluding hydrogens is 220 g/mol. The van der Waals surface area contributed by atoms with Crippen molar-refractivity contribution in [1.29, 1.82) is 0 Å². The van der Waals surface area contributed by atoms with Crippen LogP contribution in [0.3, 0.4) is 0 Å². The lowest BCUT2D eigenvalue weighted by atomic mass is 9.90. The van der Waals surface area contributed by atoms with Crippen LogP contribution in [0.2, 0.25) is 0 Å². The van der Waals surface area contributed by atoms with Gasteiger partial charge in [-0.3, -0.25) is 4.79 Å². The number of aliphatic carboxylic acids is 1. The largest absolute Gasteiger partial charge is 0.481 e. The lowest BCUT2D eigenvalue weighted by Crippen LogP contribution is -2.46. The monoisotopic (exact) mass is 240 g/mol. The number of amides is 2. The van der Waals surface area contributed by atoms with Crippen LogP contribution in [0.15, 0.2) is 0 Å². The van der Waals surface area contributed by atoms with Gasteiger partial charge >= 0.3 is 12.0 Å². The lowest BCUT2D eigenvalue weighted by molar-refractivity contribution is -0.144. The molecule has 0 spiro atoms. The molecule has 1 N–H and O–H groups in total. The number of nitrogens with zero attached hydrogens (tertiary/aromatic N) is 2. The molecule has 5 heteroatoms. The Hall–Kier alpha value is -1.26. The zero-order valence-electron chi connectivity index (χ0n) is 10.6. The molecule has 2 fully saturated rings. The Labute approximate surface area is 101 Å². The number of carboxylic acid groups (broad SMARTS) is 1. The van der Waals surface area contributed by atoms with Crippen LogP contribution in [0.4, 0.5) is 4.79 Å². The quantitative estimate of drug-likeness (QED) is 0.753. The molecule has 0 aromatic heterocycles. The van der Waals surface area contributed by atoms with Crippen LogP contribution in [0.5, 0.6) is 0 Å². The van der Waals surface area contributed by atoms with Gasteiger partial charge in [-0.05, 0) is 33.6 Å². The molecule has 5 nitrogen and oxygen atoms in total. The zero-order valence-corrected chi connectivity index (χ0v) is 10.6. The third kappa shape index (κ3) is 1.98. The van der Waals surface area contributed by atoms with E-state index in [1.165, 1.54) is 0 Å².